The molecule has 0 unspecified atom stereocenters. The molecule has 0 aromatic carbocycles. The Bertz CT molecular complexity index is 395. The van der Waals surface area contributed by atoms with Gasteiger partial charge in [-0.1, -0.05) is 0 Å². The van der Waals surface area contributed by atoms with Crippen LogP contribution in [0.1, 0.15) is 27.7 Å². The fourth-order valence-corrected chi connectivity index (χ4v) is 2.03. The molecule has 2 N–H and O–H groups in total. The van der Waals surface area contributed by atoms with E-state index in [-0.39, 0.29) is 19.8 Å². The van der Waals surface area contributed by atoms with E-state index in [0.29, 0.717) is 0 Å². The first-order valence-electron chi connectivity index (χ1n) is 7.24. The maximum absolute atomic E-state index is 12.2. The van der Waals surface area contributed by atoms with E-state index in [2.05, 4.69) is 10.1 Å². The molecule has 0 aromatic heterocycles. The molecular weight excluding hydrogens is 292 g/mol. The quantitative estimate of drug-likeness (QED) is 0.709. The topological polar surface area (TPSA) is 97.3 Å². The third-order valence-corrected chi connectivity index (χ3v) is 3.11. The molecule has 3 atom stereocenters. The molecule has 1 rings (SSSR count). The van der Waals surface area contributed by atoms with E-state index in [4.69, 9.17) is 9.47 Å². The van der Waals surface area contributed by atoms with Crippen LogP contribution < -0.4 is 5.32 Å². The minimum atomic E-state index is -1.08. The number of ether oxygens (including phenoxy) is 3. The van der Waals surface area contributed by atoms with E-state index >= 15 is 0 Å². The minimum absolute atomic E-state index is 0.0301. The molecule has 8 nitrogen and oxygen atoms in total. The van der Waals surface area contributed by atoms with Crippen molar-refractivity contribution in [3.8, 4) is 0 Å². The molecule has 0 spiro atoms. The van der Waals surface area contributed by atoms with Crippen molar-refractivity contribution in [2.45, 2.75) is 51.6 Å². The Kier molecular flexibility index (Phi) is 6.58. The minimum Gasteiger partial charge on any atom is -0.468 e. The second kappa shape index (κ2) is 7.75. The molecule has 22 heavy (non-hydrogen) atoms. The monoisotopic (exact) mass is 318 g/mol. The van der Waals surface area contributed by atoms with Crippen LogP contribution in [0.15, 0.2) is 0 Å². The first-order chi connectivity index (χ1) is 10.2. The number of hydrogen-bond donors (Lipinski definition) is 2. The van der Waals surface area contributed by atoms with Crippen molar-refractivity contribution in [3.63, 3.8) is 0 Å². The van der Waals surface area contributed by atoms with Crippen LogP contribution in [0.3, 0.4) is 0 Å². The predicted molar refractivity (Wildman–Crippen MR) is 78.2 cm³/mol. The molecule has 1 aliphatic heterocycles. The Balaban J connectivity index is 2.69. The number of carbonyl (C=O) groups excluding carboxylic acids is 2. The lowest BCUT2D eigenvalue weighted by Crippen LogP contribution is -2.59. The molecule has 1 saturated heterocycles. The molecule has 1 fully saturated rings. The number of rotatable bonds is 4. The van der Waals surface area contributed by atoms with E-state index < -0.39 is 36.0 Å². The summed E-state index contributed by atoms with van der Waals surface area (Å²) in [5.74, 6) is -0.402. The first kappa shape index (κ1) is 18.7. The molecule has 0 bridgehead atoms. The van der Waals surface area contributed by atoms with E-state index in [1.165, 1.54) is 12.0 Å². The van der Waals surface area contributed by atoms with E-state index in [1.807, 2.05) is 0 Å². The molecule has 1 amide bonds. The smallest absolute Gasteiger partial charge is 0.412 e. The zero-order chi connectivity index (χ0) is 16.9. The molecular formula is C14H26N2O6. The molecule has 1 aliphatic rings. The Morgan fingerprint density at radius 2 is 2.05 bits per heavy atom. The molecule has 0 radical (unpaired) electrons. The zero-order valence-corrected chi connectivity index (χ0v) is 13.8. The van der Waals surface area contributed by atoms with Gasteiger partial charge >= 0.3 is 12.1 Å². The summed E-state index contributed by atoms with van der Waals surface area (Å²) in [6, 6.07) is -0.963. The summed E-state index contributed by atoms with van der Waals surface area (Å²) in [6.07, 6.45) is -1.69. The van der Waals surface area contributed by atoms with Crippen LogP contribution in [0.2, 0.25) is 0 Å². The zero-order valence-electron chi connectivity index (χ0n) is 13.8. The third-order valence-electron chi connectivity index (χ3n) is 3.11. The summed E-state index contributed by atoms with van der Waals surface area (Å²) in [5, 5.41) is 13.0. The Morgan fingerprint density at radius 1 is 1.41 bits per heavy atom. The first-order valence-corrected chi connectivity index (χ1v) is 7.24. The summed E-state index contributed by atoms with van der Waals surface area (Å²) in [6.45, 7) is 7.47. The maximum Gasteiger partial charge on any atom is 0.412 e. The Labute approximate surface area is 130 Å². The summed E-state index contributed by atoms with van der Waals surface area (Å²) < 4.78 is 15.2. The van der Waals surface area contributed by atoms with Crippen LogP contribution in [-0.2, 0) is 19.0 Å². The molecule has 128 valence electrons. The number of esters is 1. The molecule has 1 heterocycles. The second-order valence-corrected chi connectivity index (χ2v) is 6.21. The average molecular weight is 318 g/mol. The van der Waals surface area contributed by atoms with Gasteiger partial charge in [0.1, 0.15) is 11.6 Å². The Morgan fingerprint density at radius 3 is 2.59 bits per heavy atom. The number of methoxy groups -OCH3 is 1. The number of hydrogen-bond acceptors (Lipinski definition) is 7. The van der Waals surface area contributed by atoms with Crippen molar-refractivity contribution < 1.29 is 28.9 Å². The van der Waals surface area contributed by atoms with Crippen LogP contribution in [0.4, 0.5) is 4.79 Å². The highest BCUT2D eigenvalue weighted by atomic mass is 16.6. The van der Waals surface area contributed by atoms with Crippen LogP contribution in [0.5, 0.6) is 0 Å². The van der Waals surface area contributed by atoms with Crippen LogP contribution >= 0.6 is 0 Å². The van der Waals surface area contributed by atoms with Gasteiger partial charge in [-0.15, -0.1) is 0 Å². The summed E-state index contributed by atoms with van der Waals surface area (Å²) in [7, 11) is 1.31. The van der Waals surface area contributed by atoms with Gasteiger partial charge < -0.3 is 24.6 Å². The second-order valence-electron chi connectivity index (χ2n) is 6.21. The standard InChI is InChI=1S/C14H26N2O6/c1-9(12(18)20-5)15-6-10-7-21-8-11(17)16(10)13(19)22-14(2,3)4/h9-11,15,17H,6-8H2,1-5H3/t9-,10+,11-/m0/s1. The highest BCUT2D eigenvalue weighted by molar-refractivity contribution is 5.75. The van der Waals surface area contributed by atoms with Gasteiger partial charge in [-0.3, -0.25) is 9.69 Å². The van der Waals surface area contributed by atoms with Gasteiger partial charge in [0.2, 0.25) is 0 Å². The largest absolute Gasteiger partial charge is 0.468 e. The maximum atomic E-state index is 12.2. The van der Waals surface area contributed by atoms with Gasteiger partial charge in [0.25, 0.3) is 0 Å². The van der Waals surface area contributed by atoms with Crippen molar-refractivity contribution in [2.75, 3.05) is 26.9 Å². The lowest BCUT2D eigenvalue weighted by Gasteiger charge is -2.40. The predicted octanol–water partition coefficient (Wildman–Crippen LogP) is 0.0918. The van der Waals surface area contributed by atoms with Gasteiger partial charge in [-0.2, -0.15) is 0 Å². The van der Waals surface area contributed by atoms with Crippen LogP contribution in [0, 0.1) is 0 Å². The Hall–Kier alpha value is -1.38. The normalized spacial score (nSPS) is 23.8. The van der Waals surface area contributed by atoms with E-state index in [1.54, 1.807) is 27.7 Å². The summed E-state index contributed by atoms with van der Waals surface area (Å²) in [4.78, 5) is 24.9. The number of aliphatic hydroxyl groups is 1. The number of nitrogens with zero attached hydrogens (tertiary/aromatic N) is 1. The SMILES string of the molecule is COC(=O)[C@H](C)NC[C@@H]1COC[C@H](O)N1C(=O)OC(C)(C)C. The highest BCUT2D eigenvalue weighted by Crippen LogP contribution is 2.17. The lowest BCUT2D eigenvalue weighted by molar-refractivity contribution is -0.143. The van der Waals surface area contributed by atoms with Crippen LogP contribution in [0.25, 0.3) is 0 Å². The van der Waals surface area contributed by atoms with Crippen molar-refractivity contribution >= 4 is 12.1 Å². The fraction of sp³-hybridized carbons (Fsp3) is 0.857. The molecule has 0 saturated carbocycles. The molecule has 0 aromatic rings. The molecule has 0 aliphatic carbocycles. The van der Waals surface area contributed by atoms with Gasteiger partial charge in [-0.05, 0) is 27.7 Å². The number of aliphatic hydroxyl groups excluding tert-OH is 1. The number of amides is 1. The van der Waals surface area contributed by atoms with Gasteiger partial charge in [-0.25, -0.2) is 4.79 Å². The van der Waals surface area contributed by atoms with Gasteiger partial charge in [0.15, 0.2) is 6.23 Å². The average Bonchev–Trinajstić information content (AvgIpc) is 2.41. The van der Waals surface area contributed by atoms with Crippen molar-refractivity contribution in [2.24, 2.45) is 0 Å². The van der Waals surface area contributed by atoms with E-state index in [0.717, 1.165) is 0 Å². The summed E-state index contributed by atoms with van der Waals surface area (Å²) >= 11 is 0. The lowest BCUT2D eigenvalue weighted by atomic mass is 10.2. The molecule has 8 heteroatoms. The van der Waals surface area contributed by atoms with Gasteiger partial charge in [0.05, 0.1) is 26.4 Å². The number of carbonyl (C=O) groups is 2. The van der Waals surface area contributed by atoms with Gasteiger partial charge in [0, 0.05) is 6.54 Å². The van der Waals surface area contributed by atoms with E-state index in [9.17, 15) is 14.7 Å². The number of morpholine rings is 1. The fourth-order valence-electron chi connectivity index (χ4n) is 2.03. The summed E-state index contributed by atoms with van der Waals surface area (Å²) in [5.41, 5.74) is -0.660. The highest BCUT2D eigenvalue weighted by Gasteiger charge is 2.36. The number of nitrogens with one attached hydrogen (secondary N) is 1. The van der Waals surface area contributed by atoms with Crippen molar-refractivity contribution in [3.05, 3.63) is 0 Å². The van der Waals surface area contributed by atoms with Crippen LogP contribution in [-0.4, -0.2) is 72.8 Å². The van der Waals surface area contributed by atoms with Crippen molar-refractivity contribution in [1.29, 1.82) is 0 Å². The van der Waals surface area contributed by atoms with Crippen molar-refractivity contribution in [1.82, 2.24) is 10.2 Å². The third kappa shape index (κ3) is 5.43.